The summed E-state index contributed by atoms with van der Waals surface area (Å²) in [6.07, 6.45) is 0. The van der Waals surface area contributed by atoms with E-state index >= 15 is 0 Å². The summed E-state index contributed by atoms with van der Waals surface area (Å²) in [4.78, 5) is 11.3. The Morgan fingerprint density at radius 2 is 1.96 bits per heavy atom. The Morgan fingerprint density at radius 3 is 2.62 bits per heavy atom. The van der Waals surface area contributed by atoms with Gasteiger partial charge in [0, 0.05) is 37.3 Å². The second-order valence-corrected chi connectivity index (χ2v) is 8.42. The van der Waals surface area contributed by atoms with E-state index in [1.807, 2.05) is 12.1 Å². The minimum absolute atomic E-state index is 0.195. The molecule has 138 valence electrons. The van der Waals surface area contributed by atoms with Crippen LogP contribution < -0.4 is 10.6 Å². The van der Waals surface area contributed by atoms with Crippen molar-refractivity contribution in [3.8, 4) is 0 Å². The first-order chi connectivity index (χ1) is 12.4. The molecular weight excluding hydrogens is 374 g/mol. The van der Waals surface area contributed by atoms with Gasteiger partial charge in [-0.2, -0.15) is 4.31 Å². The zero-order valence-corrected chi connectivity index (χ0v) is 15.8. The molecule has 1 aliphatic heterocycles. The van der Waals surface area contributed by atoms with E-state index in [1.54, 1.807) is 24.3 Å². The largest absolute Gasteiger partial charge is 0.326 e. The van der Waals surface area contributed by atoms with Crippen molar-refractivity contribution in [1.82, 2.24) is 9.62 Å². The summed E-state index contributed by atoms with van der Waals surface area (Å²) in [5.41, 5.74) is 1.41. The number of piperazine rings is 1. The summed E-state index contributed by atoms with van der Waals surface area (Å²) >= 11 is 6.08. The van der Waals surface area contributed by atoms with Gasteiger partial charge in [-0.25, -0.2) is 8.42 Å². The minimum atomic E-state index is -3.68. The second kappa shape index (κ2) is 7.75. The average Bonchev–Trinajstić information content (AvgIpc) is 2.62. The van der Waals surface area contributed by atoms with Crippen molar-refractivity contribution in [3.63, 3.8) is 0 Å². The Hall–Kier alpha value is -1.93. The highest BCUT2D eigenvalue weighted by Crippen LogP contribution is 2.30. The molecule has 1 fully saturated rings. The van der Waals surface area contributed by atoms with Gasteiger partial charge in [0.05, 0.1) is 10.9 Å². The number of nitrogens with zero attached hydrogens (tertiary/aromatic N) is 1. The molecule has 0 saturated carbocycles. The van der Waals surface area contributed by atoms with E-state index < -0.39 is 10.0 Å². The lowest BCUT2D eigenvalue weighted by Crippen LogP contribution is -2.48. The van der Waals surface area contributed by atoms with Gasteiger partial charge >= 0.3 is 0 Å². The van der Waals surface area contributed by atoms with Gasteiger partial charge in [-0.1, -0.05) is 23.7 Å². The van der Waals surface area contributed by atoms with Gasteiger partial charge in [0.15, 0.2) is 0 Å². The maximum absolute atomic E-state index is 13.2. The van der Waals surface area contributed by atoms with Crippen LogP contribution in [-0.4, -0.2) is 38.3 Å². The molecule has 0 aromatic heterocycles. The van der Waals surface area contributed by atoms with Gasteiger partial charge in [-0.05, 0) is 42.0 Å². The van der Waals surface area contributed by atoms with Crippen LogP contribution in [0.1, 0.15) is 18.5 Å². The first kappa shape index (κ1) is 18.8. The van der Waals surface area contributed by atoms with Crippen molar-refractivity contribution >= 4 is 33.2 Å². The Kier molecular flexibility index (Phi) is 5.62. The quantitative estimate of drug-likeness (QED) is 0.837. The molecule has 3 rings (SSSR count). The Labute approximate surface area is 158 Å². The third-order valence-corrected chi connectivity index (χ3v) is 6.37. The number of hydrogen-bond donors (Lipinski definition) is 2. The number of anilines is 1. The van der Waals surface area contributed by atoms with E-state index in [9.17, 15) is 13.2 Å². The number of benzene rings is 2. The molecule has 1 atom stereocenters. The van der Waals surface area contributed by atoms with Gasteiger partial charge < -0.3 is 10.6 Å². The molecule has 0 bridgehead atoms. The Balaban J connectivity index is 1.92. The molecule has 1 heterocycles. The summed E-state index contributed by atoms with van der Waals surface area (Å²) in [5, 5.41) is 6.45. The lowest BCUT2D eigenvalue weighted by molar-refractivity contribution is -0.114. The summed E-state index contributed by atoms with van der Waals surface area (Å²) in [6.45, 7) is 2.87. The van der Waals surface area contributed by atoms with E-state index in [0.717, 1.165) is 5.56 Å². The van der Waals surface area contributed by atoms with Crippen molar-refractivity contribution in [3.05, 3.63) is 59.1 Å². The van der Waals surface area contributed by atoms with Crippen LogP contribution in [0.5, 0.6) is 0 Å². The first-order valence-electron chi connectivity index (χ1n) is 8.23. The van der Waals surface area contributed by atoms with E-state index in [4.69, 9.17) is 11.6 Å². The minimum Gasteiger partial charge on any atom is -0.326 e. The number of carbonyl (C=O) groups excluding carboxylic acids is 1. The van der Waals surface area contributed by atoms with Crippen LogP contribution in [-0.2, 0) is 14.8 Å². The van der Waals surface area contributed by atoms with Gasteiger partial charge in [0.2, 0.25) is 15.9 Å². The van der Waals surface area contributed by atoms with Crippen LogP contribution in [0.2, 0.25) is 5.02 Å². The second-order valence-electron chi connectivity index (χ2n) is 6.10. The summed E-state index contributed by atoms with van der Waals surface area (Å²) < 4.78 is 27.8. The number of nitrogens with one attached hydrogen (secondary N) is 2. The molecule has 1 aliphatic rings. The first-order valence-corrected chi connectivity index (χ1v) is 10.1. The summed E-state index contributed by atoms with van der Waals surface area (Å²) in [7, 11) is -3.68. The number of halogens is 1. The van der Waals surface area contributed by atoms with Gasteiger partial charge in [0.25, 0.3) is 0 Å². The topological polar surface area (TPSA) is 78.5 Å². The highest BCUT2D eigenvalue weighted by atomic mass is 35.5. The zero-order valence-electron chi connectivity index (χ0n) is 14.3. The number of amides is 1. The molecule has 2 aromatic carbocycles. The van der Waals surface area contributed by atoms with Crippen molar-refractivity contribution in [1.29, 1.82) is 0 Å². The van der Waals surface area contributed by atoms with Gasteiger partial charge in [0.1, 0.15) is 0 Å². The van der Waals surface area contributed by atoms with Gasteiger partial charge in [-0.3, -0.25) is 4.79 Å². The normalized spacial score (nSPS) is 18.5. The molecule has 0 aliphatic carbocycles. The number of rotatable bonds is 4. The molecule has 6 nitrogen and oxygen atoms in total. The third-order valence-electron chi connectivity index (χ3n) is 4.21. The molecule has 0 spiro atoms. The van der Waals surface area contributed by atoms with Crippen LogP contribution >= 0.6 is 11.6 Å². The fourth-order valence-corrected chi connectivity index (χ4v) is 4.83. The van der Waals surface area contributed by atoms with E-state index in [1.165, 1.54) is 23.4 Å². The average molecular weight is 394 g/mol. The predicted octanol–water partition coefficient (Wildman–Crippen LogP) is 2.63. The molecule has 8 heteroatoms. The Bertz CT molecular complexity index is 900. The smallest absolute Gasteiger partial charge is 0.243 e. The highest BCUT2D eigenvalue weighted by Gasteiger charge is 2.34. The van der Waals surface area contributed by atoms with Crippen LogP contribution in [0.15, 0.2) is 53.4 Å². The lowest BCUT2D eigenvalue weighted by atomic mass is 10.1. The third kappa shape index (κ3) is 4.07. The number of hydrogen-bond acceptors (Lipinski definition) is 4. The lowest BCUT2D eigenvalue weighted by Gasteiger charge is -2.35. The molecule has 1 unspecified atom stereocenters. The van der Waals surface area contributed by atoms with E-state index in [2.05, 4.69) is 10.6 Å². The molecule has 1 saturated heterocycles. The monoisotopic (exact) mass is 393 g/mol. The Morgan fingerprint density at radius 1 is 1.23 bits per heavy atom. The number of carbonyl (C=O) groups is 1. The highest BCUT2D eigenvalue weighted by molar-refractivity contribution is 7.89. The zero-order chi connectivity index (χ0) is 18.7. The summed E-state index contributed by atoms with van der Waals surface area (Å²) in [5.74, 6) is -0.205. The van der Waals surface area contributed by atoms with Crippen LogP contribution in [0.4, 0.5) is 5.69 Å². The predicted molar refractivity (Wildman–Crippen MR) is 102 cm³/mol. The fourth-order valence-electron chi connectivity index (χ4n) is 3.02. The van der Waals surface area contributed by atoms with Crippen molar-refractivity contribution in [2.75, 3.05) is 25.0 Å². The summed E-state index contributed by atoms with van der Waals surface area (Å²) in [6, 6.07) is 13.1. The molecule has 2 aromatic rings. The maximum Gasteiger partial charge on any atom is 0.243 e. The van der Waals surface area contributed by atoms with E-state index in [-0.39, 0.29) is 16.8 Å². The van der Waals surface area contributed by atoms with Crippen LogP contribution in [0.3, 0.4) is 0 Å². The van der Waals surface area contributed by atoms with Crippen LogP contribution in [0, 0.1) is 0 Å². The van der Waals surface area contributed by atoms with Gasteiger partial charge in [-0.15, -0.1) is 0 Å². The molecule has 1 amide bonds. The fraction of sp³-hybridized carbons (Fsp3) is 0.278. The standard InChI is InChI=1S/C18H20ClN3O3S/c1-13(23)21-16-5-7-17(8-6-16)26(24,25)22-10-9-20-12-18(22)14-3-2-4-15(19)11-14/h2-8,11,18,20H,9-10,12H2,1H3,(H,21,23). The van der Waals surface area contributed by atoms with Crippen molar-refractivity contribution in [2.45, 2.75) is 17.9 Å². The molecular formula is C18H20ClN3O3S. The van der Waals surface area contributed by atoms with Crippen LogP contribution in [0.25, 0.3) is 0 Å². The molecule has 2 N–H and O–H groups in total. The van der Waals surface area contributed by atoms with E-state index in [0.29, 0.717) is 30.3 Å². The maximum atomic E-state index is 13.2. The van der Waals surface area contributed by atoms with Crippen molar-refractivity contribution in [2.24, 2.45) is 0 Å². The SMILES string of the molecule is CC(=O)Nc1ccc(S(=O)(=O)N2CCNCC2c2cccc(Cl)c2)cc1. The molecule has 26 heavy (non-hydrogen) atoms. The number of sulfonamides is 1. The molecule has 0 radical (unpaired) electrons. The van der Waals surface area contributed by atoms with Crippen molar-refractivity contribution < 1.29 is 13.2 Å².